The van der Waals surface area contributed by atoms with Gasteiger partial charge in [-0.2, -0.15) is 0 Å². The van der Waals surface area contributed by atoms with Crippen LogP contribution in [0.1, 0.15) is 35.1 Å². The standard InChI is InChI=1S/C16H14ClIN2S/c17-9-16-19-12-8-10(18)4-5-14(12)20(16)13-2-1-3-15-11(13)6-7-21-15/h4-8,13H,1-3,9H2. The van der Waals surface area contributed by atoms with Crippen LogP contribution in [0.5, 0.6) is 0 Å². The molecule has 0 bridgehead atoms. The summed E-state index contributed by atoms with van der Waals surface area (Å²) in [6.45, 7) is 0. The van der Waals surface area contributed by atoms with E-state index in [1.807, 2.05) is 11.3 Å². The van der Waals surface area contributed by atoms with E-state index in [0.717, 1.165) is 11.3 Å². The van der Waals surface area contributed by atoms with E-state index in [4.69, 9.17) is 16.6 Å². The maximum Gasteiger partial charge on any atom is 0.125 e. The summed E-state index contributed by atoms with van der Waals surface area (Å²) in [4.78, 5) is 6.28. The van der Waals surface area contributed by atoms with Gasteiger partial charge in [-0.15, -0.1) is 22.9 Å². The lowest BCUT2D eigenvalue weighted by molar-refractivity contribution is 0.495. The van der Waals surface area contributed by atoms with Crippen molar-refractivity contribution >= 4 is 56.6 Å². The molecule has 5 heteroatoms. The second-order valence-electron chi connectivity index (χ2n) is 5.37. The Morgan fingerprint density at radius 2 is 2.29 bits per heavy atom. The van der Waals surface area contributed by atoms with Crippen LogP contribution in [-0.4, -0.2) is 9.55 Å². The number of rotatable bonds is 2. The summed E-state index contributed by atoms with van der Waals surface area (Å²) in [5.41, 5.74) is 3.73. The lowest BCUT2D eigenvalue weighted by Gasteiger charge is -2.26. The minimum absolute atomic E-state index is 0.388. The van der Waals surface area contributed by atoms with Crippen LogP contribution in [0, 0.1) is 3.57 Å². The molecule has 0 N–H and O–H groups in total. The zero-order chi connectivity index (χ0) is 14.4. The topological polar surface area (TPSA) is 17.8 Å². The SMILES string of the molecule is ClCc1nc2cc(I)ccc2n1C1CCCc2sccc21. The largest absolute Gasteiger partial charge is 0.319 e. The first kappa shape index (κ1) is 14.0. The van der Waals surface area contributed by atoms with Crippen molar-refractivity contribution in [1.82, 2.24) is 9.55 Å². The zero-order valence-electron chi connectivity index (χ0n) is 11.4. The van der Waals surface area contributed by atoms with Crippen molar-refractivity contribution in [2.45, 2.75) is 31.2 Å². The van der Waals surface area contributed by atoms with Crippen molar-refractivity contribution < 1.29 is 0 Å². The van der Waals surface area contributed by atoms with Gasteiger partial charge in [-0.3, -0.25) is 0 Å². The Kier molecular flexibility index (Phi) is 3.71. The number of nitrogens with zero attached hydrogens (tertiary/aromatic N) is 2. The Morgan fingerprint density at radius 3 is 3.14 bits per heavy atom. The first-order valence-corrected chi connectivity index (χ1v) is 9.56. The summed E-state index contributed by atoms with van der Waals surface area (Å²) in [5.74, 6) is 1.44. The fourth-order valence-corrected chi connectivity index (χ4v) is 4.94. The van der Waals surface area contributed by atoms with E-state index in [0.29, 0.717) is 11.9 Å². The van der Waals surface area contributed by atoms with Crippen LogP contribution in [0.3, 0.4) is 0 Å². The number of fused-ring (bicyclic) bond motifs is 2. The molecule has 1 aliphatic rings. The van der Waals surface area contributed by atoms with Gasteiger partial charge in [-0.05, 0) is 77.1 Å². The molecule has 0 saturated heterocycles. The van der Waals surface area contributed by atoms with E-state index in [1.54, 1.807) is 0 Å². The van der Waals surface area contributed by atoms with Crippen LogP contribution >= 0.6 is 45.5 Å². The third-order valence-corrected chi connectivity index (χ3v) is 6.08. The molecule has 1 atom stereocenters. The summed E-state index contributed by atoms with van der Waals surface area (Å²) in [6, 6.07) is 9.14. The molecule has 0 aliphatic heterocycles. The van der Waals surface area contributed by atoms with Gasteiger partial charge in [0.15, 0.2) is 0 Å². The van der Waals surface area contributed by atoms with Crippen molar-refractivity contribution in [2.75, 3.05) is 0 Å². The second-order valence-corrected chi connectivity index (χ2v) is 7.89. The van der Waals surface area contributed by atoms with E-state index >= 15 is 0 Å². The Bertz CT molecular complexity index is 808. The van der Waals surface area contributed by atoms with Crippen molar-refractivity contribution in [1.29, 1.82) is 0 Å². The van der Waals surface area contributed by atoms with Gasteiger partial charge in [-0.1, -0.05) is 0 Å². The average molecular weight is 429 g/mol. The maximum atomic E-state index is 6.18. The highest BCUT2D eigenvalue weighted by Crippen LogP contribution is 2.38. The van der Waals surface area contributed by atoms with Crippen molar-refractivity contribution in [3.05, 3.63) is 49.5 Å². The average Bonchev–Trinajstić information content (AvgIpc) is 3.09. The van der Waals surface area contributed by atoms with Gasteiger partial charge in [0, 0.05) is 8.45 Å². The Labute approximate surface area is 146 Å². The molecular weight excluding hydrogens is 415 g/mol. The minimum Gasteiger partial charge on any atom is -0.319 e. The number of hydrogen-bond donors (Lipinski definition) is 0. The van der Waals surface area contributed by atoms with Crippen LogP contribution in [0.15, 0.2) is 29.6 Å². The van der Waals surface area contributed by atoms with Crippen LogP contribution in [0.4, 0.5) is 0 Å². The van der Waals surface area contributed by atoms with Gasteiger partial charge in [0.1, 0.15) is 5.82 Å². The molecule has 0 spiro atoms. The quantitative estimate of drug-likeness (QED) is 0.396. The molecule has 1 aliphatic carbocycles. The third-order valence-electron chi connectivity index (χ3n) is 4.18. The van der Waals surface area contributed by atoms with E-state index in [2.05, 4.69) is 56.8 Å². The summed E-state index contributed by atoms with van der Waals surface area (Å²) in [5, 5.41) is 2.21. The summed E-state index contributed by atoms with van der Waals surface area (Å²) in [6.07, 6.45) is 3.62. The zero-order valence-corrected chi connectivity index (χ0v) is 15.1. The van der Waals surface area contributed by atoms with Gasteiger partial charge >= 0.3 is 0 Å². The molecule has 108 valence electrons. The van der Waals surface area contributed by atoms with E-state index in [-0.39, 0.29) is 0 Å². The van der Waals surface area contributed by atoms with E-state index in [9.17, 15) is 0 Å². The molecule has 2 aromatic heterocycles. The molecule has 21 heavy (non-hydrogen) atoms. The van der Waals surface area contributed by atoms with Gasteiger partial charge in [-0.25, -0.2) is 4.98 Å². The molecule has 2 nitrogen and oxygen atoms in total. The maximum absolute atomic E-state index is 6.18. The highest BCUT2D eigenvalue weighted by Gasteiger charge is 2.26. The number of imidazole rings is 1. The van der Waals surface area contributed by atoms with Crippen molar-refractivity contribution in [3.63, 3.8) is 0 Å². The molecular formula is C16H14ClIN2S. The molecule has 1 unspecified atom stereocenters. The number of halogens is 2. The minimum atomic E-state index is 0.388. The fourth-order valence-electron chi connectivity index (χ4n) is 3.29. The smallest absolute Gasteiger partial charge is 0.125 e. The Balaban J connectivity index is 1.95. The number of aromatic nitrogens is 2. The first-order valence-electron chi connectivity index (χ1n) is 7.06. The third kappa shape index (κ3) is 2.32. The lowest BCUT2D eigenvalue weighted by atomic mass is 9.93. The van der Waals surface area contributed by atoms with Crippen LogP contribution in [-0.2, 0) is 12.3 Å². The molecule has 1 aromatic carbocycles. The molecule has 2 heterocycles. The number of thiophene rings is 1. The van der Waals surface area contributed by atoms with Crippen molar-refractivity contribution in [3.8, 4) is 0 Å². The monoisotopic (exact) mass is 428 g/mol. The Morgan fingerprint density at radius 1 is 1.38 bits per heavy atom. The molecule has 4 rings (SSSR count). The number of alkyl halides is 1. The normalized spacial score (nSPS) is 18.1. The Hall–Kier alpha value is -0.590. The molecule has 3 aromatic rings. The molecule has 0 amide bonds. The van der Waals surface area contributed by atoms with Gasteiger partial charge in [0.2, 0.25) is 0 Å². The first-order chi connectivity index (χ1) is 10.3. The lowest BCUT2D eigenvalue weighted by Crippen LogP contribution is -2.17. The van der Waals surface area contributed by atoms with Gasteiger partial charge < -0.3 is 4.57 Å². The van der Waals surface area contributed by atoms with E-state index < -0.39 is 0 Å². The van der Waals surface area contributed by atoms with Gasteiger partial charge in [0.05, 0.1) is 23.0 Å². The summed E-state index contributed by atoms with van der Waals surface area (Å²) < 4.78 is 3.58. The number of benzene rings is 1. The second kappa shape index (κ2) is 5.56. The van der Waals surface area contributed by atoms with Crippen LogP contribution in [0.25, 0.3) is 11.0 Å². The predicted molar refractivity (Wildman–Crippen MR) is 97.4 cm³/mol. The summed E-state index contributed by atoms with van der Waals surface area (Å²) >= 11 is 10.4. The van der Waals surface area contributed by atoms with Gasteiger partial charge in [0.25, 0.3) is 0 Å². The number of hydrogen-bond acceptors (Lipinski definition) is 2. The molecule has 0 saturated carbocycles. The van der Waals surface area contributed by atoms with Crippen LogP contribution < -0.4 is 0 Å². The van der Waals surface area contributed by atoms with Crippen LogP contribution in [0.2, 0.25) is 0 Å². The fraction of sp³-hybridized carbons (Fsp3) is 0.312. The summed E-state index contributed by atoms with van der Waals surface area (Å²) in [7, 11) is 0. The van der Waals surface area contributed by atoms with Crippen molar-refractivity contribution in [2.24, 2.45) is 0 Å². The predicted octanol–water partition coefficient (Wildman–Crippen LogP) is 5.37. The highest BCUT2D eigenvalue weighted by molar-refractivity contribution is 14.1. The van der Waals surface area contributed by atoms with E-state index in [1.165, 1.54) is 38.8 Å². The highest BCUT2D eigenvalue weighted by atomic mass is 127. The molecule has 0 fully saturated rings. The molecule has 0 radical (unpaired) electrons. The number of aryl methyl sites for hydroxylation is 1.